The lowest BCUT2D eigenvalue weighted by atomic mass is 10.1. The number of thiophene rings is 1. The summed E-state index contributed by atoms with van der Waals surface area (Å²) in [5, 5.41) is 2.13. The van der Waals surface area contributed by atoms with E-state index in [9.17, 15) is 0 Å². The van der Waals surface area contributed by atoms with Gasteiger partial charge in [0, 0.05) is 4.88 Å². The molecular weight excluding hydrogens is 188 g/mol. The number of benzene rings is 1. The summed E-state index contributed by atoms with van der Waals surface area (Å²) >= 11 is 1.80. The molecule has 1 aliphatic carbocycles. The van der Waals surface area contributed by atoms with Crippen LogP contribution in [0.15, 0.2) is 41.8 Å². The van der Waals surface area contributed by atoms with Crippen molar-refractivity contribution in [2.75, 3.05) is 0 Å². The molecule has 1 aromatic carbocycles. The molecule has 0 radical (unpaired) electrons. The second kappa shape index (κ2) is 3.10. The van der Waals surface area contributed by atoms with Crippen molar-refractivity contribution >= 4 is 17.4 Å². The normalized spacial score (nSPS) is 13.1. The minimum Gasteiger partial charge on any atom is -0.144 e. The Hall–Kier alpha value is -1.34. The Morgan fingerprint density at radius 1 is 1.14 bits per heavy atom. The molecule has 0 atom stereocenters. The molecule has 1 aromatic heterocycles. The molecule has 0 aliphatic heterocycles. The second-order valence-electron chi connectivity index (χ2n) is 3.50. The minimum absolute atomic E-state index is 1.09. The van der Waals surface area contributed by atoms with Crippen molar-refractivity contribution in [3.63, 3.8) is 0 Å². The molecule has 14 heavy (non-hydrogen) atoms. The van der Waals surface area contributed by atoms with E-state index in [-0.39, 0.29) is 0 Å². The van der Waals surface area contributed by atoms with Crippen LogP contribution in [0.2, 0.25) is 0 Å². The van der Waals surface area contributed by atoms with Crippen LogP contribution in [0.5, 0.6) is 0 Å². The molecule has 1 aliphatic rings. The topological polar surface area (TPSA) is 0 Å². The molecule has 0 amide bonds. The number of allylic oxidation sites excluding steroid dienone is 1. The zero-order valence-electron chi connectivity index (χ0n) is 7.73. The minimum atomic E-state index is 1.09. The quantitative estimate of drug-likeness (QED) is 0.650. The van der Waals surface area contributed by atoms with Gasteiger partial charge in [0.25, 0.3) is 0 Å². The van der Waals surface area contributed by atoms with Crippen molar-refractivity contribution < 1.29 is 0 Å². The van der Waals surface area contributed by atoms with E-state index in [1.807, 2.05) is 0 Å². The van der Waals surface area contributed by atoms with E-state index in [4.69, 9.17) is 0 Å². The SMILES string of the molecule is C1=Cc2ccc(-c3cccs3)cc2C1. The highest BCUT2D eigenvalue weighted by molar-refractivity contribution is 7.13. The lowest BCUT2D eigenvalue weighted by molar-refractivity contribution is 1.31. The average molecular weight is 198 g/mol. The van der Waals surface area contributed by atoms with E-state index in [2.05, 4.69) is 47.9 Å². The van der Waals surface area contributed by atoms with Gasteiger partial charge in [-0.3, -0.25) is 0 Å². The standard InChI is InChI=1S/C13H10S/c1-3-10-6-7-12(9-11(10)4-1)13-5-2-8-14-13/h1-3,5-9H,4H2. The first kappa shape index (κ1) is 8.01. The maximum Gasteiger partial charge on any atom is 0.0342 e. The van der Waals surface area contributed by atoms with Crippen LogP contribution in [0.4, 0.5) is 0 Å². The molecule has 0 fully saturated rings. The smallest absolute Gasteiger partial charge is 0.0342 e. The van der Waals surface area contributed by atoms with Crippen molar-refractivity contribution in [3.8, 4) is 10.4 Å². The van der Waals surface area contributed by atoms with Crippen LogP contribution < -0.4 is 0 Å². The molecule has 0 saturated heterocycles. The van der Waals surface area contributed by atoms with Gasteiger partial charge < -0.3 is 0 Å². The molecule has 0 nitrogen and oxygen atoms in total. The third-order valence-corrected chi connectivity index (χ3v) is 3.50. The molecule has 68 valence electrons. The van der Waals surface area contributed by atoms with Gasteiger partial charge in [-0.1, -0.05) is 30.4 Å². The molecule has 0 unspecified atom stereocenters. The Morgan fingerprint density at radius 2 is 2.14 bits per heavy atom. The summed E-state index contributed by atoms with van der Waals surface area (Å²) in [5.41, 5.74) is 4.18. The fraction of sp³-hybridized carbons (Fsp3) is 0.0769. The highest BCUT2D eigenvalue weighted by atomic mass is 32.1. The third kappa shape index (κ3) is 1.21. The first-order chi connectivity index (χ1) is 6.93. The molecule has 0 N–H and O–H groups in total. The molecule has 2 aromatic rings. The summed E-state index contributed by atoms with van der Waals surface area (Å²) in [6.45, 7) is 0. The predicted octanol–water partition coefficient (Wildman–Crippen LogP) is 3.98. The number of hydrogen-bond donors (Lipinski definition) is 0. The molecule has 3 rings (SSSR count). The van der Waals surface area contributed by atoms with Crippen molar-refractivity contribution in [2.24, 2.45) is 0 Å². The van der Waals surface area contributed by atoms with Crippen LogP contribution in [0.3, 0.4) is 0 Å². The highest BCUT2D eigenvalue weighted by Crippen LogP contribution is 2.29. The van der Waals surface area contributed by atoms with E-state index in [1.54, 1.807) is 11.3 Å². The Kier molecular flexibility index (Phi) is 1.78. The van der Waals surface area contributed by atoms with Crippen LogP contribution in [0, 0.1) is 0 Å². The Morgan fingerprint density at radius 3 is 3.00 bits per heavy atom. The lowest BCUT2D eigenvalue weighted by Crippen LogP contribution is -1.82. The molecule has 0 bridgehead atoms. The summed E-state index contributed by atoms with van der Waals surface area (Å²) in [4.78, 5) is 1.36. The Labute approximate surface area is 87.5 Å². The zero-order valence-corrected chi connectivity index (χ0v) is 8.55. The Balaban J connectivity index is 2.11. The van der Waals surface area contributed by atoms with E-state index in [0.29, 0.717) is 0 Å². The maximum absolute atomic E-state index is 2.31. The van der Waals surface area contributed by atoms with Crippen LogP contribution >= 0.6 is 11.3 Å². The second-order valence-corrected chi connectivity index (χ2v) is 4.45. The molecule has 1 heterocycles. The van der Waals surface area contributed by atoms with Crippen molar-refractivity contribution in [3.05, 3.63) is 52.9 Å². The van der Waals surface area contributed by atoms with E-state index in [0.717, 1.165) is 6.42 Å². The fourth-order valence-corrected chi connectivity index (χ4v) is 2.58. The van der Waals surface area contributed by atoms with Gasteiger partial charge in [-0.2, -0.15) is 0 Å². The predicted molar refractivity (Wildman–Crippen MR) is 62.5 cm³/mol. The number of rotatable bonds is 1. The number of fused-ring (bicyclic) bond motifs is 1. The molecule has 1 heteroatoms. The van der Waals surface area contributed by atoms with E-state index < -0.39 is 0 Å². The van der Waals surface area contributed by atoms with Gasteiger partial charge in [-0.25, -0.2) is 0 Å². The largest absolute Gasteiger partial charge is 0.144 e. The fourth-order valence-electron chi connectivity index (χ4n) is 1.85. The van der Waals surface area contributed by atoms with Gasteiger partial charge in [0.15, 0.2) is 0 Å². The van der Waals surface area contributed by atoms with E-state index in [1.165, 1.54) is 21.6 Å². The monoisotopic (exact) mass is 198 g/mol. The van der Waals surface area contributed by atoms with Crippen LogP contribution in [0.25, 0.3) is 16.5 Å². The molecular formula is C13H10S. The average Bonchev–Trinajstić information content (AvgIpc) is 2.88. The summed E-state index contributed by atoms with van der Waals surface area (Å²) in [6.07, 6.45) is 5.52. The van der Waals surface area contributed by atoms with Gasteiger partial charge in [0.05, 0.1) is 0 Å². The van der Waals surface area contributed by atoms with Gasteiger partial charge in [0.1, 0.15) is 0 Å². The van der Waals surface area contributed by atoms with Crippen LogP contribution in [-0.2, 0) is 6.42 Å². The third-order valence-electron chi connectivity index (χ3n) is 2.58. The summed E-state index contributed by atoms with van der Waals surface area (Å²) < 4.78 is 0. The molecule has 0 spiro atoms. The molecule has 0 saturated carbocycles. The Bertz CT molecular complexity index is 478. The zero-order chi connectivity index (χ0) is 9.38. The van der Waals surface area contributed by atoms with Gasteiger partial charge in [-0.05, 0) is 40.6 Å². The summed E-state index contributed by atoms with van der Waals surface area (Å²) in [5.74, 6) is 0. The van der Waals surface area contributed by atoms with Crippen LogP contribution in [-0.4, -0.2) is 0 Å². The van der Waals surface area contributed by atoms with E-state index >= 15 is 0 Å². The van der Waals surface area contributed by atoms with Crippen molar-refractivity contribution in [1.29, 1.82) is 0 Å². The van der Waals surface area contributed by atoms with Gasteiger partial charge in [0.2, 0.25) is 0 Å². The van der Waals surface area contributed by atoms with Gasteiger partial charge in [-0.15, -0.1) is 11.3 Å². The van der Waals surface area contributed by atoms with Crippen LogP contribution in [0.1, 0.15) is 11.1 Å². The number of hydrogen-bond acceptors (Lipinski definition) is 1. The summed E-state index contributed by atoms with van der Waals surface area (Å²) in [6, 6.07) is 11.0. The van der Waals surface area contributed by atoms with Crippen molar-refractivity contribution in [2.45, 2.75) is 6.42 Å². The lowest BCUT2D eigenvalue weighted by Gasteiger charge is -2.02. The highest BCUT2D eigenvalue weighted by Gasteiger charge is 2.06. The van der Waals surface area contributed by atoms with Gasteiger partial charge >= 0.3 is 0 Å². The summed E-state index contributed by atoms with van der Waals surface area (Å²) in [7, 11) is 0. The first-order valence-electron chi connectivity index (χ1n) is 4.77. The maximum atomic E-state index is 2.31. The van der Waals surface area contributed by atoms with Crippen molar-refractivity contribution in [1.82, 2.24) is 0 Å². The first-order valence-corrected chi connectivity index (χ1v) is 5.65.